The zero-order chi connectivity index (χ0) is 39.1. The second kappa shape index (κ2) is 19.5. The molecule has 0 saturated carbocycles. The highest BCUT2D eigenvalue weighted by Gasteiger charge is 2.14. The van der Waals surface area contributed by atoms with Crippen molar-refractivity contribution in [1.29, 1.82) is 0 Å². The predicted molar refractivity (Wildman–Crippen MR) is 187 cm³/mol. The van der Waals surface area contributed by atoms with Gasteiger partial charge in [0.25, 0.3) is 0 Å². The molecule has 5 aromatic rings. The number of carbonyl (C=O) groups excluding carboxylic acids is 4. The minimum atomic E-state index is -1.26. The monoisotopic (exact) mass is 735 g/mol. The summed E-state index contributed by atoms with van der Waals surface area (Å²) in [6.45, 7) is 7.80. The van der Waals surface area contributed by atoms with Crippen molar-refractivity contribution in [2.45, 2.75) is 40.5 Å². The Morgan fingerprint density at radius 1 is 0.585 bits per heavy atom. The van der Waals surface area contributed by atoms with Crippen LogP contribution in [0.3, 0.4) is 0 Å². The van der Waals surface area contributed by atoms with Crippen molar-refractivity contribution in [3.8, 4) is 0 Å². The molecule has 2 N–H and O–H groups in total. The summed E-state index contributed by atoms with van der Waals surface area (Å²) >= 11 is 6.34. The fourth-order valence-corrected chi connectivity index (χ4v) is 5.08. The number of carbonyl (C=O) groups is 2. The number of nitrogens with zero attached hydrogens (tertiary/aromatic N) is 7. The van der Waals surface area contributed by atoms with Gasteiger partial charge in [-0.25, -0.2) is 24.5 Å². The maximum Gasteiger partial charge on any atom is 0.373 e. The van der Waals surface area contributed by atoms with E-state index in [-0.39, 0.29) is 34.4 Å². The van der Waals surface area contributed by atoms with E-state index in [4.69, 9.17) is 35.8 Å². The van der Waals surface area contributed by atoms with Crippen LogP contribution in [0.1, 0.15) is 65.7 Å². The Kier molecular flexibility index (Phi) is 14.9. The molecule has 0 fully saturated rings. The Balaban J connectivity index is 0.00000118. The zero-order valence-electron chi connectivity index (χ0n) is 28.7. The number of aromatic nitrogens is 3. The van der Waals surface area contributed by atoms with Crippen LogP contribution < -0.4 is 0 Å². The van der Waals surface area contributed by atoms with Crippen LogP contribution in [0.15, 0.2) is 93.3 Å². The van der Waals surface area contributed by atoms with Crippen molar-refractivity contribution < 1.29 is 39.0 Å². The second-order valence-corrected chi connectivity index (χ2v) is 11.5. The first-order valence-corrected chi connectivity index (χ1v) is 15.7. The number of hydrogen-bond donors (Lipinski definition) is 2. The molecule has 0 radical (unpaired) electrons. The minimum absolute atomic E-state index is 0.108. The third kappa shape index (κ3) is 12.1. The summed E-state index contributed by atoms with van der Waals surface area (Å²) < 4.78 is 0. The van der Waals surface area contributed by atoms with Gasteiger partial charge >= 0.3 is 24.2 Å². The molecule has 15 nitrogen and oxygen atoms in total. The van der Waals surface area contributed by atoms with Gasteiger partial charge in [-0.2, -0.15) is 39.6 Å². The number of aryl methyl sites for hydroxylation is 4. The summed E-state index contributed by atoms with van der Waals surface area (Å²) in [4.78, 5) is 68.8. The highest BCUT2D eigenvalue weighted by atomic mass is 35.5. The first-order chi connectivity index (χ1) is 25.3. The molecule has 1 heterocycles. The van der Waals surface area contributed by atoms with Gasteiger partial charge in [0, 0.05) is 12.8 Å². The average Bonchev–Trinajstić information content (AvgIpc) is 3.10. The summed E-state index contributed by atoms with van der Waals surface area (Å²) in [6.07, 6.45) is 1.36. The Morgan fingerprint density at radius 3 is 1.42 bits per heavy atom. The van der Waals surface area contributed by atoms with Gasteiger partial charge in [0.05, 0.1) is 33.9 Å². The van der Waals surface area contributed by atoms with Gasteiger partial charge in [0.15, 0.2) is 0 Å². The maximum atomic E-state index is 11.4. The molecule has 0 bridgehead atoms. The Hall–Kier alpha value is -6.92. The molecule has 53 heavy (non-hydrogen) atoms. The van der Waals surface area contributed by atoms with Crippen LogP contribution in [0.25, 0.3) is 0 Å². The summed E-state index contributed by atoms with van der Waals surface area (Å²) in [5, 5.41) is 35.9. The Morgan fingerprint density at radius 2 is 1.00 bits per heavy atom. The predicted octanol–water partition coefficient (Wildman–Crippen LogP) is 8.00. The van der Waals surface area contributed by atoms with Gasteiger partial charge in [0.1, 0.15) is 11.6 Å². The van der Waals surface area contributed by atoms with Crippen LogP contribution >= 0.6 is 11.6 Å². The highest BCUT2D eigenvalue weighted by Crippen LogP contribution is 2.29. The largest absolute Gasteiger partial charge is 0.478 e. The normalized spacial score (nSPS) is 10.4. The molecule has 0 saturated heterocycles. The Labute approximate surface area is 307 Å². The van der Waals surface area contributed by atoms with Crippen LogP contribution in [-0.4, -0.2) is 49.4 Å². The topological polar surface area (TPSA) is 231 Å². The van der Waals surface area contributed by atoms with E-state index in [9.17, 15) is 19.8 Å². The first-order valence-electron chi connectivity index (χ1n) is 15.4. The van der Waals surface area contributed by atoms with Gasteiger partial charge in [-0.05, 0) is 115 Å². The van der Waals surface area contributed by atoms with E-state index in [0.29, 0.717) is 30.2 Å². The molecule has 0 amide bonds. The number of aromatic carboxylic acids is 2. The molecule has 0 spiro atoms. The number of rotatable bonds is 10. The van der Waals surface area contributed by atoms with E-state index in [2.05, 4.69) is 36.5 Å². The molecule has 0 aliphatic rings. The molecule has 268 valence electrons. The lowest BCUT2D eigenvalue weighted by Gasteiger charge is -2.11. The van der Waals surface area contributed by atoms with Gasteiger partial charge < -0.3 is 10.2 Å². The minimum Gasteiger partial charge on any atom is -0.478 e. The van der Waals surface area contributed by atoms with Crippen LogP contribution in [0.5, 0.6) is 0 Å². The Bertz CT molecular complexity index is 2220. The van der Waals surface area contributed by atoms with Crippen LogP contribution in [0.2, 0.25) is 5.28 Å². The van der Waals surface area contributed by atoms with E-state index in [1.807, 2.05) is 76.2 Å². The summed E-state index contributed by atoms with van der Waals surface area (Å²) in [5.74, 6) is -1.45. The van der Waals surface area contributed by atoms with Crippen molar-refractivity contribution in [1.82, 2.24) is 15.0 Å². The SMILES string of the molecule is Cc1cc(N=Nc2ccccc2)c(C)cc1Cc1nc(Cl)nc(Cc2cc(C)c(N=Nc3cc(C(=O)O)cc(C(=O)O)c3)cc2C)n1.O=C=O.O=C=O. The molecule has 0 aliphatic heterocycles. The molecule has 0 unspecified atom stereocenters. The van der Waals surface area contributed by atoms with Gasteiger partial charge in [-0.15, -0.1) is 0 Å². The molecular formula is C37H30ClN7O8. The van der Waals surface area contributed by atoms with Gasteiger partial charge in [0.2, 0.25) is 5.28 Å². The summed E-state index contributed by atoms with van der Waals surface area (Å²) in [7, 11) is 0. The molecule has 4 aromatic carbocycles. The van der Waals surface area contributed by atoms with Crippen LogP contribution in [0.4, 0.5) is 22.7 Å². The van der Waals surface area contributed by atoms with Crippen molar-refractivity contribution in [3.05, 3.63) is 134 Å². The lowest BCUT2D eigenvalue weighted by atomic mass is 10.0. The lowest BCUT2D eigenvalue weighted by Crippen LogP contribution is -2.07. The van der Waals surface area contributed by atoms with E-state index in [1.54, 1.807) is 0 Å². The number of halogens is 1. The van der Waals surface area contributed by atoms with Crippen molar-refractivity contribution in [2.75, 3.05) is 0 Å². The van der Waals surface area contributed by atoms with E-state index in [1.165, 1.54) is 12.1 Å². The number of hydrogen-bond acceptors (Lipinski definition) is 13. The third-order valence-electron chi connectivity index (χ3n) is 7.42. The quantitative estimate of drug-likeness (QED) is 0.130. The van der Waals surface area contributed by atoms with Crippen molar-refractivity contribution in [3.63, 3.8) is 0 Å². The molecule has 16 heteroatoms. The number of benzene rings is 4. The smallest absolute Gasteiger partial charge is 0.373 e. The maximum absolute atomic E-state index is 11.4. The molecule has 0 aliphatic carbocycles. The zero-order valence-corrected chi connectivity index (χ0v) is 29.5. The summed E-state index contributed by atoms with van der Waals surface area (Å²) in [5.41, 5.74) is 7.57. The van der Waals surface area contributed by atoms with Crippen LogP contribution in [-0.2, 0) is 32.0 Å². The van der Waals surface area contributed by atoms with E-state index in [0.717, 1.165) is 50.8 Å². The van der Waals surface area contributed by atoms with Crippen molar-refractivity contribution >= 4 is 58.6 Å². The number of azo groups is 2. The standard InChI is InChI=1S/C35H30ClN7O4.2CO2/c1-19-12-29(42-40-27-8-6-5-7-9-27)21(3)10-23(19)17-31-37-32(39-35(36)38-31)18-24-11-22(4)30(13-20(24)2)43-41-28-15-25(33(44)45)14-26(16-28)34(46)47;2*2-1-3/h5-16H,17-18H2,1-4H3,(H,44,45)(H,46,47);;. The fraction of sp³-hybridized carbons (Fsp3) is 0.162. The first kappa shape index (κ1) is 40.5. The van der Waals surface area contributed by atoms with Crippen LogP contribution in [0, 0.1) is 27.7 Å². The molecule has 5 rings (SSSR count). The number of carboxylic acid groups (broad SMARTS) is 2. The third-order valence-corrected chi connectivity index (χ3v) is 7.59. The molecular weight excluding hydrogens is 706 g/mol. The van der Waals surface area contributed by atoms with E-state index < -0.39 is 11.9 Å². The van der Waals surface area contributed by atoms with Gasteiger partial charge in [-0.3, -0.25) is 0 Å². The van der Waals surface area contributed by atoms with Crippen molar-refractivity contribution in [2.24, 2.45) is 20.5 Å². The van der Waals surface area contributed by atoms with Gasteiger partial charge in [-0.1, -0.05) is 30.3 Å². The fourth-order valence-electron chi connectivity index (χ4n) is 4.89. The van der Waals surface area contributed by atoms with E-state index >= 15 is 0 Å². The second-order valence-electron chi connectivity index (χ2n) is 11.2. The lowest BCUT2D eigenvalue weighted by molar-refractivity contribution is -0.193. The average molecular weight is 736 g/mol. The molecule has 1 aromatic heterocycles. The number of carboxylic acids is 2. The summed E-state index contributed by atoms with van der Waals surface area (Å²) in [6, 6.07) is 21.0. The highest BCUT2D eigenvalue weighted by molar-refractivity contribution is 6.28. The molecule has 0 atom stereocenters.